The molecule has 0 bridgehead atoms. The van der Waals surface area contributed by atoms with Crippen molar-refractivity contribution in [1.29, 1.82) is 0 Å². The zero-order valence-electron chi connectivity index (χ0n) is 13.1. The Morgan fingerprint density at radius 2 is 2.12 bits per heavy atom. The monoisotopic (exact) mass is 364 g/mol. The summed E-state index contributed by atoms with van der Waals surface area (Å²) in [6.07, 6.45) is 2.04. The number of benzene rings is 1. The summed E-state index contributed by atoms with van der Waals surface area (Å²) in [5.74, 6) is 0.142. The molecule has 1 aromatic heterocycles. The van der Waals surface area contributed by atoms with Gasteiger partial charge in [-0.1, -0.05) is 11.6 Å². The Hall–Kier alpha value is -2.05. The van der Waals surface area contributed by atoms with Crippen LogP contribution in [0.1, 0.15) is 28.8 Å². The number of nitrogens with one attached hydrogen (secondary N) is 2. The predicted octanol–water partition coefficient (Wildman–Crippen LogP) is 3.62. The predicted molar refractivity (Wildman–Crippen MR) is 95.1 cm³/mol. The SMILES string of the molecule is Cc1cc(Cl)ccc1OCC(=O)Nc1sccc1C(=O)NC1CC1. The number of thiophene rings is 1. The highest BCUT2D eigenvalue weighted by atomic mass is 35.5. The van der Waals surface area contributed by atoms with Crippen LogP contribution in [0.2, 0.25) is 5.02 Å². The van der Waals surface area contributed by atoms with Crippen LogP contribution in [0.5, 0.6) is 5.75 Å². The highest BCUT2D eigenvalue weighted by molar-refractivity contribution is 7.14. The Morgan fingerprint density at radius 1 is 1.33 bits per heavy atom. The van der Waals surface area contributed by atoms with Crippen molar-refractivity contribution in [2.45, 2.75) is 25.8 Å². The lowest BCUT2D eigenvalue weighted by atomic mass is 10.2. The van der Waals surface area contributed by atoms with E-state index in [1.54, 1.807) is 29.6 Å². The second-order valence-corrected chi connectivity index (χ2v) is 7.01. The van der Waals surface area contributed by atoms with Gasteiger partial charge in [0.1, 0.15) is 10.8 Å². The molecule has 0 spiro atoms. The first-order valence-electron chi connectivity index (χ1n) is 7.60. The van der Waals surface area contributed by atoms with Crippen LogP contribution >= 0.6 is 22.9 Å². The second kappa shape index (κ2) is 7.23. The number of hydrogen-bond donors (Lipinski definition) is 2. The molecule has 1 heterocycles. The van der Waals surface area contributed by atoms with Crippen LogP contribution in [0.25, 0.3) is 0 Å². The fraction of sp³-hybridized carbons (Fsp3) is 0.294. The molecule has 126 valence electrons. The third-order valence-corrected chi connectivity index (χ3v) is 4.64. The Kier molecular flexibility index (Phi) is 5.06. The van der Waals surface area contributed by atoms with Gasteiger partial charge >= 0.3 is 0 Å². The summed E-state index contributed by atoms with van der Waals surface area (Å²) in [5.41, 5.74) is 1.35. The van der Waals surface area contributed by atoms with E-state index in [1.807, 2.05) is 6.92 Å². The first-order chi connectivity index (χ1) is 11.5. The molecule has 0 atom stereocenters. The molecular formula is C17H17ClN2O3S. The lowest BCUT2D eigenvalue weighted by Gasteiger charge is -2.10. The van der Waals surface area contributed by atoms with Gasteiger partial charge in [0, 0.05) is 11.1 Å². The quantitative estimate of drug-likeness (QED) is 0.822. The van der Waals surface area contributed by atoms with Gasteiger partial charge in [-0.25, -0.2) is 0 Å². The molecule has 3 rings (SSSR count). The number of carbonyl (C=O) groups is 2. The normalized spacial score (nSPS) is 13.4. The van der Waals surface area contributed by atoms with Gasteiger partial charge < -0.3 is 15.4 Å². The molecule has 0 unspecified atom stereocenters. The van der Waals surface area contributed by atoms with Gasteiger partial charge in [-0.3, -0.25) is 9.59 Å². The van der Waals surface area contributed by atoms with E-state index in [-0.39, 0.29) is 24.5 Å². The van der Waals surface area contributed by atoms with Crippen molar-refractivity contribution in [2.24, 2.45) is 0 Å². The van der Waals surface area contributed by atoms with Crippen LogP contribution in [0.3, 0.4) is 0 Å². The minimum Gasteiger partial charge on any atom is -0.483 e. The van der Waals surface area contributed by atoms with Crippen molar-refractivity contribution < 1.29 is 14.3 Å². The summed E-state index contributed by atoms with van der Waals surface area (Å²) in [6, 6.07) is 7.19. The van der Waals surface area contributed by atoms with Crippen molar-refractivity contribution in [3.63, 3.8) is 0 Å². The average molecular weight is 365 g/mol. The van der Waals surface area contributed by atoms with Crippen LogP contribution in [-0.4, -0.2) is 24.5 Å². The summed E-state index contributed by atoms with van der Waals surface area (Å²) < 4.78 is 5.51. The molecular weight excluding hydrogens is 348 g/mol. The van der Waals surface area contributed by atoms with Gasteiger partial charge in [0.2, 0.25) is 0 Å². The molecule has 0 aliphatic heterocycles. The molecule has 2 aromatic rings. The zero-order chi connectivity index (χ0) is 17.1. The number of amides is 2. The second-order valence-electron chi connectivity index (χ2n) is 5.66. The zero-order valence-corrected chi connectivity index (χ0v) is 14.7. The number of aryl methyl sites for hydroxylation is 1. The van der Waals surface area contributed by atoms with Gasteiger partial charge in [-0.2, -0.15) is 0 Å². The highest BCUT2D eigenvalue weighted by Gasteiger charge is 2.25. The van der Waals surface area contributed by atoms with Crippen molar-refractivity contribution in [1.82, 2.24) is 5.32 Å². The molecule has 7 heteroatoms. The molecule has 1 aliphatic rings. The summed E-state index contributed by atoms with van der Waals surface area (Å²) >= 11 is 7.21. The van der Waals surface area contributed by atoms with Crippen LogP contribution < -0.4 is 15.4 Å². The van der Waals surface area contributed by atoms with E-state index >= 15 is 0 Å². The standard InChI is InChI=1S/C17H17ClN2O3S/c1-10-8-11(18)2-5-14(10)23-9-15(21)20-17-13(6-7-24-17)16(22)19-12-3-4-12/h2,5-8,12H,3-4,9H2,1H3,(H,19,22)(H,20,21). The van der Waals surface area contributed by atoms with Crippen molar-refractivity contribution in [3.8, 4) is 5.75 Å². The van der Waals surface area contributed by atoms with Gasteiger partial charge in [0.05, 0.1) is 5.56 Å². The number of halogens is 1. The lowest BCUT2D eigenvalue weighted by Crippen LogP contribution is -2.27. The Balaban J connectivity index is 1.57. The largest absolute Gasteiger partial charge is 0.483 e. The van der Waals surface area contributed by atoms with Crippen molar-refractivity contribution in [2.75, 3.05) is 11.9 Å². The fourth-order valence-electron chi connectivity index (χ4n) is 2.16. The molecule has 1 saturated carbocycles. The third-order valence-electron chi connectivity index (χ3n) is 3.57. The number of hydrogen-bond acceptors (Lipinski definition) is 4. The van der Waals surface area contributed by atoms with E-state index in [4.69, 9.17) is 16.3 Å². The number of carbonyl (C=O) groups excluding carboxylic acids is 2. The topological polar surface area (TPSA) is 67.4 Å². The minimum absolute atomic E-state index is 0.135. The highest BCUT2D eigenvalue weighted by Crippen LogP contribution is 2.26. The molecule has 1 aliphatic carbocycles. The van der Waals surface area contributed by atoms with Crippen LogP contribution in [0.4, 0.5) is 5.00 Å². The van der Waals surface area contributed by atoms with Crippen LogP contribution in [0, 0.1) is 6.92 Å². The maximum atomic E-state index is 12.1. The fourth-order valence-corrected chi connectivity index (χ4v) is 3.18. The van der Waals surface area contributed by atoms with E-state index in [9.17, 15) is 9.59 Å². The molecule has 24 heavy (non-hydrogen) atoms. The van der Waals surface area contributed by atoms with Gasteiger partial charge in [0.15, 0.2) is 6.61 Å². The first kappa shape index (κ1) is 16.8. The lowest BCUT2D eigenvalue weighted by molar-refractivity contribution is -0.118. The molecule has 2 N–H and O–H groups in total. The molecule has 1 aromatic carbocycles. The Bertz CT molecular complexity index is 771. The third kappa shape index (κ3) is 4.27. The smallest absolute Gasteiger partial charge is 0.262 e. The molecule has 0 radical (unpaired) electrons. The molecule has 2 amide bonds. The molecule has 0 saturated heterocycles. The first-order valence-corrected chi connectivity index (χ1v) is 8.86. The minimum atomic E-state index is -0.313. The number of ether oxygens (including phenoxy) is 1. The Labute approximate surface area is 149 Å². The summed E-state index contributed by atoms with van der Waals surface area (Å²) in [6.45, 7) is 1.72. The maximum absolute atomic E-state index is 12.1. The Morgan fingerprint density at radius 3 is 2.83 bits per heavy atom. The van der Waals surface area contributed by atoms with Crippen LogP contribution in [0.15, 0.2) is 29.6 Å². The van der Waals surface area contributed by atoms with E-state index in [0.717, 1.165) is 18.4 Å². The summed E-state index contributed by atoms with van der Waals surface area (Å²) in [7, 11) is 0. The van der Waals surface area contributed by atoms with Gasteiger partial charge in [-0.15, -0.1) is 11.3 Å². The van der Waals surface area contributed by atoms with Crippen molar-refractivity contribution >= 4 is 39.8 Å². The summed E-state index contributed by atoms with van der Waals surface area (Å²) in [4.78, 5) is 24.2. The molecule has 5 nitrogen and oxygen atoms in total. The van der Waals surface area contributed by atoms with Gasteiger partial charge in [-0.05, 0) is 55.0 Å². The average Bonchev–Trinajstić information content (AvgIpc) is 3.22. The summed E-state index contributed by atoms with van der Waals surface area (Å²) in [5, 5.41) is 8.58. The maximum Gasteiger partial charge on any atom is 0.262 e. The van der Waals surface area contributed by atoms with E-state index in [1.165, 1.54) is 11.3 Å². The van der Waals surface area contributed by atoms with E-state index in [0.29, 0.717) is 21.3 Å². The van der Waals surface area contributed by atoms with Crippen LogP contribution in [-0.2, 0) is 4.79 Å². The van der Waals surface area contributed by atoms with Gasteiger partial charge in [0.25, 0.3) is 11.8 Å². The number of anilines is 1. The van der Waals surface area contributed by atoms with E-state index in [2.05, 4.69) is 10.6 Å². The van der Waals surface area contributed by atoms with E-state index < -0.39 is 0 Å². The molecule has 1 fully saturated rings. The van der Waals surface area contributed by atoms with Crippen molar-refractivity contribution in [3.05, 3.63) is 45.8 Å². The number of rotatable bonds is 6.